The molecule has 0 aliphatic rings. The van der Waals surface area contributed by atoms with E-state index in [1.165, 1.54) is 17.3 Å². The minimum atomic E-state index is -0.0479. The maximum atomic E-state index is 13.1. The number of aryl methyl sites for hydroxylation is 1. The summed E-state index contributed by atoms with van der Waals surface area (Å²) >= 11 is 1.54. The molecule has 1 heterocycles. The van der Waals surface area contributed by atoms with Gasteiger partial charge in [0.25, 0.3) is 5.91 Å². The number of rotatable bonds is 9. The average Bonchev–Trinajstić information content (AvgIpc) is 3.33. The average molecular weight is 460 g/mol. The molecule has 0 unspecified atom stereocenters. The first kappa shape index (κ1) is 22.5. The fourth-order valence-corrected chi connectivity index (χ4v) is 4.17. The second-order valence-electron chi connectivity index (χ2n) is 7.52. The lowest BCUT2D eigenvalue weighted by Gasteiger charge is -2.19. The Morgan fingerprint density at radius 1 is 1.00 bits per heavy atom. The number of amides is 1. The van der Waals surface area contributed by atoms with Crippen molar-refractivity contribution in [2.45, 2.75) is 17.6 Å². The van der Waals surface area contributed by atoms with Gasteiger partial charge in [0.2, 0.25) is 0 Å². The Hall–Kier alpha value is -3.65. The number of hydrogen-bond acceptors (Lipinski definition) is 6. The number of ether oxygens (including phenoxy) is 1. The van der Waals surface area contributed by atoms with Gasteiger partial charge < -0.3 is 9.64 Å². The molecule has 4 aromatic rings. The van der Waals surface area contributed by atoms with E-state index < -0.39 is 0 Å². The van der Waals surface area contributed by atoms with E-state index in [2.05, 4.69) is 15.5 Å². The molecule has 0 spiro atoms. The SMILES string of the molecule is Cc1ccc(OCCN(C)C(=O)c2ccccc2SCc2nnnn2-c2ccccc2)cc1. The van der Waals surface area contributed by atoms with Gasteiger partial charge in [-0.3, -0.25) is 4.79 Å². The van der Waals surface area contributed by atoms with Crippen molar-refractivity contribution in [1.29, 1.82) is 0 Å². The summed E-state index contributed by atoms with van der Waals surface area (Å²) < 4.78 is 7.49. The van der Waals surface area contributed by atoms with Crippen molar-refractivity contribution in [3.63, 3.8) is 0 Å². The van der Waals surface area contributed by atoms with E-state index in [0.717, 1.165) is 16.3 Å². The third-order valence-electron chi connectivity index (χ3n) is 5.07. The Morgan fingerprint density at radius 2 is 1.73 bits per heavy atom. The van der Waals surface area contributed by atoms with Crippen molar-refractivity contribution >= 4 is 17.7 Å². The van der Waals surface area contributed by atoms with Crippen molar-refractivity contribution in [3.8, 4) is 11.4 Å². The fourth-order valence-electron chi connectivity index (χ4n) is 3.22. The van der Waals surface area contributed by atoms with Crippen LogP contribution in [-0.2, 0) is 5.75 Å². The summed E-state index contributed by atoms with van der Waals surface area (Å²) in [6.07, 6.45) is 0. The molecule has 0 N–H and O–H groups in total. The molecule has 33 heavy (non-hydrogen) atoms. The lowest BCUT2D eigenvalue weighted by molar-refractivity contribution is 0.0770. The Labute approximate surface area is 197 Å². The highest BCUT2D eigenvalue weighted by molar-refractivity contribution is 7.98. The van der Waals surface area contributed by atoms with Crippen LogP contribution in [-0.4, -0.2) is 51.2 Å². The molecule has 0 aliphatic carbocycles. The minimum absolute atomic E-state index is 0.0479. The van der Waals surface area contributed by atoms with Gasteiger partial charge in [-0.25, -0.2) is 0 Å². The Morgan fingerprint density at radius 3 is 2.52 bits per heavy atom. The van der Waals surface area contributed by atoms with Crippen LogP contribution >= 0.6 is 11.8 Å². The molecule has 4 rings (SSSR count). The fraction of sp³-hybridized carbons (Fsp3) is 0.200. The topological polar surface area (TPSA) is 73.1 Å². The second-order valence-corrected chi connectivity index (χ2v) is 8.53. The zero-order chi connectivity index (χ0) is 23.0. The number of tetrazole rings is 1. The van der Waals surface area contributed by atoms with Gasteiger partial charge in [-0.2, -0.15) is 4.68 Å². The van der Waals surface area contributed by atoms with Crippen LogP contribution in [0.2, 0.25) is 0 Å². The van der Waals surface area contributed by atoms with Crippen molar-refractivity contribution in [1.82, 2.24) is 25.1 Å². The summed E-state index contributed by atoms with van der Waals surface area (Å²) in [4.78, 5) is 15.7. The van der Waals surface area contributed by atoms with Gasteiger partial charge in [0.15, 0.2) is 5.82 Å². The van der Waals surface area contributed by atoms with Gasteiger partial charge in [0.1, 0.15) is 12.4 Å². The molecule has 0 radical (unpaired) electrons. The van der Waals surface area contributed by atoms with Crippen LogP contribution < -0.4 is 4.74 Å². The number of nitrogens with zero attached hydrogens (tertiary/aromatic N) is 5. The lowest BCUT2D eigenvalue weighted by atomic mass is 10.2. The van der Waals surface area contributed by atoms with E-state index >= 15 is 0 Å². The van der Waals surface area contributed by atoms with Crippen LogP contribution in [0.5, 0.6) is 5.75 Å². The predicted octanol–water partition coefficient (Wildman–Crippen LogP) is 4.41. The molecule has 168 valence electrons. The molecule has 3 aromatic carbocycles. The first-order chi connectivity index (χ1) is 16.1. The van der Waals surface area contributed by atoms with E-state index in [1.54, 1.807) is 16.6 Å². The molecule has 8 heteroatoms. The molecule has 0 fully saturated rings. The number of likely N-dealkylation sites (N-methyl/N-ethyl adjacent to an activating group) is 1. The molecular weight excluding hydrogens is 434 g/mol. The molecule has 0 saturated heterocycles. The van der Waals surface area contributed by atoms with Crippen LogP contribution in [0, 0.1) is 6.92 Å². The zero-order valence-corrected chi connectivity index (χ0v) is 19.4. The van der Waals surface area contributed by atoms with E-state index in [-0.39, 0.29) is 5.91 Å². The number of hydrogen-bond donors (Lipinski definition) is 0. The second kappa shape index (κ2) is 10.8. The molecule has 1 aromatic heterocycles. The third-order valence-corrected chi connectivity index (χ3v) is 6.14. The van der Waals surface area contributed by atoms with Gasteiger partial charge in [0, 0.05) is 11.9 Å². The standard InChI is InChI=1S/C25H25N5O2S/c1-19-12-14-21(15-13-19)32-17-16-29(2)25(31)22-10-6-7-11-23(22)33-18-24-26-27-28-30(24)20-8-4-3-5-9-20/h3-15H,16-18H2,1-2H3. The molecule has 0 saturated carbocycles. The number of benzene rings is 3. The van der Waals surface area contributed by atoms with Crippen LogP contribution in [0.25, 0.3) is 5.69 Å². The summed E-state index contributed by atoms with van der Waals surface area (Å²) in [7, 11) is 1.79. The highest BCUT2D eigenvalue weighted by atomic mass is 32.2. The van der Waals surface area contributed by atoms with Crippen LogP contribution in [0.4, 0.5) is 0 Å². The third kappa shape index (κ3) is 5.78. The molecule has 0 atom stereocenters. The van der Waals surface area contributed by atoms with Gasteiger partial charge in [-0.1, -0.05) is 48.0 Å². The maximum absolute atomic E-state index is 13.1. The molecule has 7 nitrogen and oxygen atoms in total. The molecule has 1 amide bonds. The predicted molar refractivity (Wildman–Crippen MR) is 129 cm³/mol. The van der Waals surface area contributed by atoms with Gasteiger partial charge in [-0.15, -0.1) is 16.9 Å². The van der Waals surface area contributed by atoms with Crippen molar-refractivity contribution in [2.75, 3.05) is 20.2 Å². The van der Waals surface area contributed by atoms with Gasteiger partial charge >= 0.3 is 0 Å². The normalized spacial score (nSPS) is 10.7. The monoisotopic (exact) mass is 459 g/mol. The number of carbonyl (C=O) groups excluding carboxylic acids is 1. The van der Waals surface area contributed by atoms with E-state index in [1.807, 2.05) is 85.8 Å². The summed E-state index contributed by atoms with van der Waals surface area (Å²) in [5.41, 5.74) is 2.73. The van der Waals surface area contributed by atoms with E-state index in [4.69, 9.17) is 4.74 Å². The first-order valence-corrected chi connectivity index (χ1v) is 11.6. The highest BCUT2D eigenvalue weighted by Gasteiger charge is 2.17. The van der Waals surface area contributed by atoms with Crippen molar-refractivity contribution in [2.24, 2.45) is 0 Å². The smallest absolute Gasteiger partial charge is 0.254 e. The quantitative estimate of drug-likeness (QED) is 0.345. The number of thioether (sulfide) groups is 1. The Balaban J connectivity index is 1.38. The number of aromatic nitrogens is 4. The Kier molecular flexibility index (Phi) is 7.36. The largest absolute Gasteiger partial charge is 0.492 e. The highest BCUT2D eigenvalue weighted by Crippen LogP contribution is 2.27. The maximum Gasteiger partial charge on any atom is 0.254 e. The minimum Gasteiger partial charge on any atom is -0.492 e. The number of para-hydroxylation sites is 1. The summed E-state index contributed by atoms with van der Waals surface area (Å²) in [5, 5.41) is 12.1. The van der Waals surface area contributed by atoms with Gasteiger partial charge in [-0.05, 0) is 53.7 Å². The zero-order valence-electron chi connectivity index (χ0n) is 18.6. The summed E-state index contributed by atoms with van der Waals surface area (Å²) in [5.74, 6) is 2.00. The molecular formula is C25H25N5O2S. The van der Waals surface area contributed by atoms with E-state index in [9.17, 15) is 4.79 Å². The van der Waals surface area contributed by atoms with Crippen molar-refractivity contribution < 1.29 is 9.53 Å². The Bertz CT molecular complexity index is 1190. The lowest BCUT2D eigenvalue weighted by Crippen LogP contribution is -2.31. The summed E-state index contributed by atoms with van der Waals surface area (Å²) in [6, 6.07) is 25.2. The van der Waals surface area contributed by atoms with Crippen LogP contribution in [0.15, 0.2) is 83.8 Å². The summed E-state index contributed by atoms with van der Waals surface area (Å²) in [6.45, 7) is 2.94. The van der Waals surface area contributed by atoms with Gasteiger partial charge in [0.05, 0.1) is 23.5 Å². The first-order valence-electron chi connectivity index (χ1n) is 10.6. The van der Waals surface area contributed by atoms with E-state index in [0.29, 0.717) is 30.3 Å². The van der Waals surface area contributed by atoms with Crippen molar-refractivity contribution in [3.05, 3.63) is 95.8 Å². The van der Waals surface area contributed by atoms with Crippen LogP contribution in [0.3, 0.4) is 0 Å². The van der Waals surface area contributed by atoms with Crippen LogP contribution in [0.1, 0.15) is 21.7 Å². The molecule has 0 bridgehead atoms. The number of carbonyl (C=O) groups is 1. The molecule has 0 aliphatic heterocycles.